The highest BCUT2D eigenvalue weighted by molar-refractivity contribution is 7.99. The minimum atomic E-state index is -0.477. The molecule has 0 aliphatic rings. The van der Waals surface area contributed by atoms with Gasteiger partial charge in [-0.1, -0.05) is 0 Å². The zero-order chi connectivity index (χ0) is 10.7. The van der Waals surface area contributed by atoms with Crippen molar-refractivity contribution in [2.45, 2.75) is 18.2 Å². The first kappa shape index (κ1) is 11.1. The average Bonchev–Trinajstić information content (AvgIpc) is 2.48. The fourth-order valence-electron chi connectivity index (χ4n) is 1.28. The maximum atomic E-state index is 11.2. The molecule has 0 bridgehead atoms. The van der Waals surface area contributed by atoms with Crippen molar-refractivity contribution in [3.05, 3.63) is 21.0 Å². The summed E-state index contributed by atoms with van der Waals surface area (Å²) in [5.74, 6) is 0. The second-order valence-corrected chi connectivity index (χ2v) is 4.00. The molecule has 80 valence electrons. The fraction of sp³-hybridized carbons (Fsp3) is 0.714. The van der Waals surface area contributed by atoms with E-state index < -0.39 is 11.4 Å². The van der Waals surface area contributed by atoms with Gasteiger partial charge >= 0.3 is 11.4 Å². The van der Waals surface area contributed by atoms with E-state index in [1.807, 2.05) is 6.26 Å². The largest absolute Gasteiger partial charge is 0.395 e. The van der Waals surface area contributed by atoms with E-state index in [0.717, 1.165) is 4.57 Å². The van der Waals surface area contributed by atoms with E-state index in [9.17, 15) is 9.59 Å². The quantitative estimate of drug-likeness (QED) is 0.615. The number of aromatic nitrogens is 3. The molecule has 0 saturated carbocycles. The van der Waals surface area contributed by atoms with E-state index in [1.165, 1.54) is 11.8 Å². The molecule has 2 unspecified atom stereocenters. The van der Waals surface area contributed by atoms with Crippen LogP contribution in [0, 0.1) is 0 Å². The lowest BCUT2D eigenvalue weighted by Gasteiger charge is -2.18. The molecule has 0 fully saturated rings. The van der Waals surface area contributed by atoms with Gasteiger partial charge in [0.25, 0.3) is 0 Å². The first-order valence-electron chi connectivity index (χ1n) is 4.14. The van der Waals surface area contributed by atoms with Crippen LogP contribution in [0.25, 0.3) is 0 Å². The lowest BCUT2D eigenvalue weighted by molar-refractivity contribution is 0.268. The normalized spacial score (nSPS) is 15.4. The van der Waals surface area contributed by atoms with Crippen LogP contribution in [0.4, 0.5) is 0 Å². The molecule has 14 heavy (non-hydrogen) atoms. The Morgan fingerprint density at radius 3 is 2.29 bits per heavy atom. The van der Waals surface area contributed by atoms with Crippen molar-refractivity contribution in [1.82, 2.24) is 14.8 Å². The third-order valence-corrected chi connectivity index (χ3v) is 3.29. The second kappa shape index (κ2) is 4.52. The standard InChI is InChI=1S/C7H13N3O3S/c1-4(5(3-11)14-2)10-6(12)8-9-7(10)13/h4-5,11H,3H2,1-2H3,(H,8,12)(H,9,13). The van der Waals surface area contributed by atoms with Crippen molar-refractivity contribution in [2.24, 2.45) is 0 Å². The molecular weight excluding hydrogens is 206 g/mol. The Kier molecular flexibility index (Phi) is 3.59. The smallest absolute Gasteiger partial charge is 0.344 e. The molecule has 1 aromatic heterocycles. The monoisotopic (exact) mass is 219 g/mol. The van der Waals surface area contributed by atoms with Crippen LogP contribution in [0.1, 0.15) is 13.0 Å². The average molecular weight is 219 g/mol. The van der Waals surface area contributed by atoms with E-state index in [1.54, 1.807) is 6.92 Å². The van der Waals surface area contributed by atoms with Gasteiger partial charge in [0.1, 0.15) is 0 Å². The number of H-pyrrole nitrogens is 2. The van der Waals surface area contributed by atoms with Crippen LogP contribution in [-0.2, 0) is 0 Å². The van der Waals surface area contributed by atoms with Gasteiger partial charge in [-0.3, -0.25) is 0 Å². The van der Waals surface area contributed by atoms with Crippen LogP contribution >= 0.6 is 11.8 Å². The van der Waals surface area contributed by atoms with Crippen molar-refractivity contribution in [2.75, 3.05) is 12.9 Å². The molecule has 0 saturated heterocycles. The molecule has 0 spiro atoms. The fourth-order valence-corrected chi connectivity index (χ4v) is 1.94. The van der Waals surface area contributed by atoms with Gasteiger partial charge in [0.15, 0.2) is 0 Å². The summed E-state index contributed by atoms with van der Waals surface area (Å²) in [5, 5.41) is 13.3. The van der Waals surface area contributed by atoms with Gasteiger partial charge < -0.3 is 5.11 Å². The zero-order valence-corrected chi connectivity index (χ0v) is 8.80. The second-order valence-electron chi connectivity index (χ2n) is 2.93. The number of thioether (sulfide) groups is 1. The van der Waals surface area contributed by atoms with E-state index in [2.05, 4.69) is 10.2 Å². The van der Waals surface area contributed by atoms with Crippen molar-refractivity contribution in [3.8, 4) is 0 Å². The molecule has 0 radical (unpaired) electrons. The van der Waals surface area contributed by atoms with Crippen LogP contribution in [-0.4, -0.2) is 38.0 Å². The molecule has 2 atom stereocenters. The Morgan fingerprint density at radius 2 is 1.93 bits per heavy atom. The molecule has 0 aliphatic carbocycles. The number of nitrogens with one attached hydrogen (secondary N) is 2. The van der Waals surface area contributed by atoms with Crippen LogP contribution < -0.4 is 11.4 Å². The predicted octanol–water partition coefficient (Wildman–Crippen LogP) is -0.850. The number of aromatic amines is 2. The molecule has 3 N–H and O–H groups in total. The Hall–Kier alpha value is -0.950. The maximum Gasteiger partial charge on any atom is 0.344 e. The minimum absolute atomic E-state index is 0.0700. The van der Waals surface area contributed by atoms with E-state index in [-0.39, 0.29) is 17.9 Å². The lowest BCUT2D eigenvalue weighted by Crippen LogP contribution is -2.35. The third-order valence-electron chi connectivity index (χ3n) is 2.14. The molecule has 1 rings (SSSR count). The van der Waals surface area contributed by atoms with Gasteiger partial charge in [0.2, 0.25) is 0 Å². The first-order chi connectivity index (χ1) is 6.61. The minimum Gasteiger partial charge on any atom is -0.395 e. The highest BCUT2D eigenvalue weighted by atomic mass is 32.2. The lowest BCUT2D eigenvalue weighted by atomic mass is 10.2. The van der Waals surface area contributed by atoms with E-state index in [4.69, 9.17) is 5.11 Å². The van der Waals surface area contributed by atoms with Gasteiger partial charge in [-0.05, 0) is 13.2 Å². The Bertz CT molecular complexity index is 362. The van der Waals surface area contributed by atoms with Gasteiger partial charge in [0.05, 0.1) is 12.6 Å². The summed E-state index contributed by atoms with van der Waals surface area (Å²) in [6.45, 7) is 1.65. The number of aliphatic hydroxyl groups excluding tert-OH is 1. The molecule has 0 amide bonds. The summed E-state index contributed by atoms with van der Waals surface area (Å²) in [5.41, 5.74) is -0.954. The molecule has 1 heterocycles. The van der Waals surface area contributed by atoms with Gasteiger partial charge in [-0.25, -0.2) is 24.4 Å². The van der Waals surface area contributed by atoms with Crippen molar-refractivity contribution < 1.29 is 5.11 Å². The number of aliphatic hydroxyl groups is 1. The van der Waals surface area contributed by atoms with E-state index >= 15 is 0 Å². The molecule has 6 nitrogen and oxygen atoms in total. The molecule has 0 aliphatic heterocycles. The maximum absolute atomic E-state index is 11.2. The van der Waals surface area contributed by atoms with Gasteiger partial charge in [0, 0.05) is 5.25 Å². The number of hydrogen-bond acceptors (Lipinski definition) is 4. The van der Waals surface area contributed by atoms with Crippen LogP contribution in [0.2, 0.25) is 0 Å². The third kappa shape index (κ3) is 1.93. The van der Waals surface area contributed by atoms with E-state index in [0.29, 0.717) is 0 Å². The van der Waals surface area contributed by atoms with Gasteiger partial charge in [-0.2, -0.15) is 11.8 Å². The number of hydrogen-bond donors (Lipinski definition) is 3. The first-order valence-corrected chi connectivity index (χ1v) is 5.43. The summed E-state index contributed by atoms with van der Waals surface area (Å²) < 4.78 is 1.07. The zero-order valence-electron chi connectivity index (χ0n) is 7.98. The molecule has 7 heteroatoms. The molecular formula is C7H13N3O3S. The Balaban J connectivity index is 3.05. The Morgan fingerprint density at radius 1 is 1.43 bits per heavy atom. The summed E-state index contributed by atoms with van der Waals surface area (Å²) in [6.07, 6.45) is 1.82. The van der Waals surface area contributed by atoms with Gasteiger partial charge in [-0.15, -0.1) is 0 Å². The van der Waals surface area contributed by atoms with Crippen LogP contribution in [0.15, 0.2) is 9.59 Å². The summed E-state index contributed by atoms with van der Waals surface area (Å²) in [4.78, 5) is 22.4. The number of rotatable bonds is 4. The summed E-state index contributed by atoms with van der Waals surface area (Å²) in [7, 11) is 0. The Labute approximate surface area is 84.3 Å². The van der Waals surface area contributed by atoms with Crippen LogP contribution in [0.5, 0.6) is 0 Å². The summed E-state index contributed by atoms with van der Waals surface area (Å²) >= 11 is 1.42. The topological polar surface area (TPSA) is 90.9 Å². The predicted molar refractivity (Wildman–Crippen MR) is 54.8 cm³/mol. The highest BCUT2D eigenvalue weighted by Crippen LogP contribution is 2.18. The number of nitrogens with zero attached hydrogens (tertiary/aromatic N) is 1. The van der Waals surface area contributed by atoms with Crippen LogP contribution in [0.3, 0.4) is 0 Å². The SMILES string of the molecule is CSC(CO)C(C)n1c(=O)[nH][nH]c1=O. The van der Waals surface area contributed by atoms with Crippen molar-refractivity contribution in [1.29, 1.82) is 0 Å². The molecule has 0 aromatic carbocycles. The summed E-state index contributed by atoms with van der Waals surface area (Å²) in [6, 6.07) is -0.336. The molecule has 1 aromatic rings. The van der Waals surface area contributed by atoms with Crippen molar-refractivity contribution in [3.63, 3.8) is 0 Å². The van der Waals surface area contributed by atoms with Crippen molar-refractivity contribution >= 4 is 11.8 Å². The highest BCUT2D eigenvalue weighted by Gasteiger charge is 2.20.